The summed E-state index contributed by atoms with van der Waals surface area (Å²) in [5.41, 5.74) is 2.35. The second-order valence-electron chi connectivity index (χ2n) is 6.80. The van der Waals surface area contributed by atoms with Gasteiger partial charge in [-0.05, 0) is 24.5 Å². The minimum Gasteiger partial charge on any atom is -0.392 e. The standard InChI is InChI=1S/C18H27N3O3/c1-13-11-21(5-6-24-13)12-15-4-2-3-14(7-15)9-20-18(23)17-8-16(22)10-19-17/h2-4,7,13,16-17,19,22H,5-6,8-12H2,1H3,(H,20,23). The van der Waals surface area contributed by atoms with Gasteiger partial charge in [-0.3, -0.25) is 9.69 Å². The largest absolute Gasteiger partial charge is 0.392 e. The first-order valence-corrected chi connectivity index (χ1v) is 8.71. The van der Waals surface area contributed by atoms with Crippen molar-refractivity contribution < 1.29 is 14.6 Å². The van der Waals surface area contributed by atoms with Gasteiger partial charge in [-0.1, -0.05) is 24.3 Å². The Hall–Kier alpha value is -1.47. The maximum Gasteiger partial charge on any atom is 0.237 e. The minimum atomic E-state index is -0.417. The van der Waals surface area contributed by atoms with Gasteiger partial charge < -0.3 is 20.5 Å². The number of carbonyl (C=O) groups excluding carboxylic acids is 1. The number of morpholine rings is 1. The van der Waals surface area contributed by atoms with Gasteiger partial charge in [0.05, 0.1) is 24.9 Å². The van der Waals surface area contributed by atoms with Gasteiger partial charge in [-0.15, -0.1) is 0 Å². The highest BCUT2D eigenvalue weighted by atomic mass is 16.5. The van der Waals surface area contributed by atoms with Crippen LogP contribution in [0.15, 0.2) is 24.3 Å². The van der Waals surface area contributed by atoms with Crippen LogP contribution in [0.5, 0.6) is 0 Å². The lowest BCUT2D eigenvalue weighted by Crippen LogP contribution is -2.40. The summed E-state index contributed by atoms with van der Waals surface area (Å²) in [4.78, 5) is 14.5. The van der Waals surface area contributed by atoms with E-state index in [1.54, 1.807) is 0 Å². The molecular formula is C18H27N3O3. The quantitative estimate of drug-likeness (QED) is 0.720. The first kappa shape index (κ1) is 17.4. The number of nitrogens with one attached hydrogen (secondary N) is 2. The number of hydrogen-bond acceptors (Lipinski definition) is 5. The predicted octanol–water partition coefficient (Wildman–Crippen LogP) is 0.246. The Kier molecular flexibility index (Phi) is 5.84. The normalized spacial score (nSPS) is 28.0. The highest BCUT2D eigenvalue weighted by Gasteiger charge is 2.27. The SMILES string of the molecule is CC1CN(Cc2cccc(CNC(=O)C3CC(O)CN3)c2)CCO1. The van der Waals surface area contributed by atoms with Gasteiger partial charge in [0.25, 0.3) is 0 Å². The first-order valence-electron chi connectivity index (χ1n) is 8.71. The number of carbonyl (C=O) groups is 1. The van der Waals surface area contributed by atoms with Crippen LogP contribution in [0.4, 0.5) is 0 Å². The van der Waals surface area contributed by atoms with Gasteiger partial charge in [0.2, 0.25) is 5.91 Å². The van der Waals surface area contributed by atoms with Crippen molar-refractivity contribution in [3.8, 4) is 0 Å². The molecule has 3 atom stereocenters. The molecule has 0 aromatic heterocycles. The summed E-state index contributed by atoms with van der Waals surface area (Å²) < 4.78 is 5.58. The van der Waals surface area contributed by atoms with E-state index in [0.29, 0.717) is 19.5 Å². The average Bonchev–Trinajstić information content (AvgIpc) is 3.00. The molecule has 2 saturated heterocycles. The molecule has 6 heteroatoms. The van der Waals surface area contributed by atoms with Gasteiger partial charge >= 0.3 is 0 Å². The summed E-state index contributed by atoms with van der Waals surface area (Å²) in [5.74, 6) is -0.0426. The zero-order valence-corrected chi connectivity index (χ0v) is 14.2. The van der Waals surface area contributed by atoms with Crippen molar-refractivity contribution >= 4 is 5.91 Å². The lowest BCUT2D eigenvalue weighted by Gasteiger charge is -2.31. The van der Waals surface area contributed by atoms with Gasteiger partial charge in [-0.25, -0.2) is 0 Å². The Balaban J connectivity index is 1.50. The molecule has 24 heavy (non-hydrogen) atoms. The zero-order valence-electron chi connectivity index (χ0n) is 14.2. The summed E-state index contributed by atoms with van der Waals surface area (Å²) in [7, 11) is 0. The van der Waals surface area contributed by atoms with E-state index in [4.69, 9.17) is 4.74 Å². The molecule has 0 radical (unpaired) electrons. The maximum atomic E-state index is 12.1. The molecule has 1 amide bonds. The highest BCUT2D eigenvalue weighted by molar-refractivity contribution is 5.82. The summed E-state index contributed by atoms with van der Waals surface area (Å²) in [6.45, 7) is 6.72. The van der Waals surface area contributed by atoms with Gasteiger partial charge in [0, 0.05) is 32.7 Å². The van der Waals surface area contributed by atoms with Crippen molar-refractivity contribution in [3.63, 3.8) is 0 Å². The van der Waals surface area contributed by atoms with E-state index in [9.17, 15) is 9.90 Å². The molecule has 1 aromatic rings. The first-order chi connectivity index (χ1) is 11.6. The van der Waals surface area contributed by atoms with Crippen LogP contribution in [-0.2, 0) is 22.6 Å². The summed E-state index contributed by atoms with van der Waals surface area (Å²) in [5, 5.41) is 15.5. The number of ether oxygens (including phenoxy) is 1. The highest BCUT2D eigenvalue weighted by Crippen LogP contribution is 2.12. The Labute approximate surface area is 143 Å². The number of benzene rings is 1. The number of β-amino-alcohol motifs (C(OH)–C–C–N with tert-alkyl or cyclic N) is 1. The smallest absolute Gasteiger partial charge is 0.237 e. The number of amides is 1. The van der Waals surface area contributed by atoms with Gasteiger partial charge in [-0.2, -0.15) is 0 Å². The lowest BCUT2D eigenvalue weighted by molar-refractivity contribution is -0.123. The van der Waals surface area contributed by atoms with Crippen molar-refractivity contribution in [2.45, 2.75) is 44.7 Å². The van der Waals surface area contributed by atoms with E-state index in [1.165, 1.54) is 5.56 Å². The average molecular weight is 333 g/mol. The van der Waals surface area contributed by atoms with Crippen LogP contribution < -0.4 is 10.6 Å². The predicted molar refractivity (Wildman–Crippen MR) is 91.4 cm³/mol. The minimum absolute atomic E-state index is 0.0426. The molecule has 132 valence electrons. The van der Waals surface area contributed by atoms with E-state index in [2.05, 4.69) is 34.6 Å². The van der Waals surface area contributed by atoms with Crippen molar-refractivity contribution in [3.05, 3.63) is 35.4 Å². The Morgan fingerprint density at radius 2 is 2.29 bits per heavy atom. The van der Waals surface area contributed by atoms with Crippen molar-refractivity contribution in [2.24, 2.45) is 0 Å². The van der Waals surface area contributed by atoms with Crippen LogP contribution in [0, 0.1) is 0 Å². The van der Waals surface area contributed by atoms with Crippen LogP contribution >= 0.6 is 0 Å². The molecule has 0 bridgehead atoms. The second-order valence-corrected chi connectivity index (χ2v) is 6.80. The number of aliphatic hydroxyl groups excluding tert-OH is 1. The van der Waals surface area contributed by atoms with E-state index in [0.717, 1.165) is 31.8 Å². The third-order valence-electron chi connectivity index (χ3n) is 4.61. The summed E-state index contributed by atoms with van der Waals surface area (Å²) in [6, 6.07) is 8.07. The third kappa shape index (κ3) is 4.77. The summed E-state index contributed by atoms with van der Waals surface area (Å²) >= 11 is 0. The molecule has 6 nitrogen and oxygen atoms in total. The Bertz CT molecular complexity index is 566. The number of rotatable bonds is 5. The van der Waals surface area contributed by atoms with Crippen molar-refractivity contribution in [1.82, 2.24) is 15.5 Å². The maximum absolute atomic E-state index is 12.1. The molecule has 2 heterocycles. The molecule has 0 saturated carbocycles. The molecule has 3 unspecified atom stereocenters. The fourth-order valence-electron chi connectivity index (χ4n) is 3.36. The molecule has 2 aliphatic rings. The molecule has 0 aliphatic carbocycles. The molecule has 2 aliphatic heterocycles. The van der Waals surface area contributed by atoms with Crippen LogP contribution in [0.2, 0.25) is 0 Å². The Morgan fingerprint density at radius 3 is 3.04 bits per heavy atom. The van der Waals surface area contributed by atoms with Crippen LogP contribution in [0.1, 0.15) is 24.5 Å². The summed E-state index contributed by atoms with van der Waals surface area (Å²) in [6.07, 6.45) is 0.358. The number of nitrogens with zero attached hydrogens (tertiary/aromatic N) is 1. The van der Waals surface area contributed by atoms with Crippen LogP contribution in [0.3, 0.4) is 0 Å². The van der Waals surface area contributed by atoms with Crippen molar-refractivity contribution in [2.75, 3.05) is 26.2 Å². The van der Waals surface area contributed by atoms with Crippen molar-refractivity contribution in [1.29, 1.82) is 0 Å². The molecule has 3 rings (SSSR count). The van der Waals surface area contributed by atoms with Gasteiger partial charge in [0.1, 0.15) is 0 Å². The number of aliphatic hydroxyl groups is 1. The second kappa shape index (κ2) is 8.07. The van der Waals surface area contributed by atoms with Crippen LogP contribution in [-0.4, -0.2) is 60.4 Å². The van der Waals surface area contributed by atoms with Gasteiger partial charge in [0.15, 0.2) is 0 Å². The van der Waals surface area contributed by atoms with E-state index in [-0.39, 0.29) is 18.1 Å². The van der Waals surface area contributed by atoms with E-state index in [1.807, 2.05) is 12.1 Å². The topological polar surface area (TPSA) is 73.8 Å². The fourth-order valence-corrected chi connectivity index (χ4v) is 3.36. The number of hydrogen-bond donors (Lipinski definition) is 3. The Morgan fingerprint density at radius 1 is 1.46 bits per heavy atom. The molecule has 2 fully saturated rings. The van der Waals surface area contributed by atoms with E-state index >= 15 is 0 Å². The third-order valence-corrected chi connectivity index (χ3v) is 4.61. The molecule has 0 spiro atoms. The molecule has 1 aromatic carbocycles. The molecular weight excluding hydrogens is 306 g/mol. The monoisotopic (exact) mass is 333 g/mol. The van der Waals surface area contributed by atoms with E-state index < -0.39 is 6.10 Å². The zero-order chi connectivity index (χ0) is 16.9. The molecule has 3 N–H and O–H groups in total. The fraction of sp³-hybridized carbons (Fsp3) is 0.611. The lowest BCUT2D eigenvalue weighted by atomic mass is 10.1. The van der Waals surface area contributed by atoms with Crippen LogP contribution in [0.25, 0.3) is 0 Å².